The van der Waals surface area contributed by atoms with E-state index in [0.29, 0.717) is 44.7 Å². The molecule has 0 bridgehead atoms. The smallest absolute Gasteiger partial charge is 0.251 e. The molecule has 1 saturated heterocycles. The second kappa shape index (κ2) is 10.2. The second-order valence-electron chi connectivity index (χ2n) is 7.40. The van der Waals surface area contributed by atoms with Crippen molar-refractivity contribution >= 4 is 11.8 Å². The van der Waals surface area contributed by atoms with Crippen LogP contribution in [0.1, 0.15) is 41.6 Å². The van der Waals surface area contributed by atoms with Gasteiger partial charge in [-0.15, -0.1) is 0 Å². The Hall–Kier alpha value is -2.73. The number of nitrogens with one attached hydrogen (secondary N) is 2. The Morgan fingerprint density at radius 3 is 2.34 bits per heavy atom. The van der Waals surface area contributed by atoms with Gasteiger partial charge in [-0.1, -0.05) is 30.3 Å². The fraction of sp³-hybridized carbons (Fsp3) is 0.391. The molecule has 2 aromatic rings. The molecule has 1 aliphatic rings. The van der Waals surface area contributed by atoms with Crippen molar-refractivity contribution in [3.8, 4) is 0 Å². The van der Waals surface area contributed by atoms with Gasteiger partial charge in [0.25, 0.3) is 5.91 Å². The summed E-state index contributed by atoms with van der Waals surface area (Å²) >= 11 is 0. The molecule has 2 amide bonds. The second-order valence-corrected chi connectivity index (χ2v) is 7.40. The van der Waals surface area contributed by atoms with Crippen molar-refractivity contribution in [1.29, 1.82) is 0 Å². The van der Waals surface area contributed by atoms with Gasteiger partial charge in [0, 0.05) is 43.7 Å². The van der Waals surface area contributed by atoms with Crippen LogP contribution < -0.4 is 10.6 Å². The third-order valence-corrected chi connectivity index (χ3v) is 5.43. The van der Waals surface area contributed by atoms with E-state index < -0.39 is 0 Å². The van der Waals surface area contributed by atoms with Gasteiger partial charge in [0.2, 0.25) is 5.91 Å². The van der Waals surface area contributed by atoms with Crippen molar-refractivity contribution < 1.29 is 18.7 Å². The van der Waals surface area contributed by atoms with Gasteiger partial charge in [-0.3, -0.25) is 9.59 Å². The third-order valence-electron chi connectivity index (χ3n) is 5.43. The molecule has 5 nitrogen and oxygen atoms in total. The Morgan fingerprint density at radius 1 is 0.966 bits per heavy atom. The Kier molecular flexibility index (Phi) is 7.36. The van der Waals surface area contributed by atoms with E-state index in [1.165, 1.54) is 12.1 Å². The van der Waals surface area contributed by atoms with E-state index in [1.807, 2.05) is 18.2 Å². The Balaban J connectivity index is 1.45. The molecule has 0 radical (unpaired) electrons. The maximum absolute atomic E-state index is 13.3. The number of hydrogen-bond donors (Lipinski definition) is 2. The first-order valence-corrected chi connectivity index (χ1v) is 10.0. The van der Waals surface area contributed by atoms with Gasteiger partial charge >= 0.3 is 0 Å². The van der Waals surface area contributed by atoms with Crippen LogP contribution in [-0.2, 0) is 14.9 Å². The molecule has 154 valence electrons. The van der Waals surface area contributed by atoms with E-state index in [2.05, 4.69) is 10.6 Å². The number of hydrogen-bond acceptors (Lipinski definition) is 3. The van der Waals surface area contributed by atoms with Gasteiger partial charge in [0.05, 0.1) is 0 Å². The quantitative estimate of drug-likeness (QED) is 0.671. The monoisotopic (exact) mass is 398 g/mol. The topological polar surface area (TPSA) is 67.4 Å². The fourth-order valence-corrected chi connectivity index (χ4v) is 3.63. The summed E-state index contributed by atoms with van der Waals surface area (Å²) in [4.78, 5) is 24.3. The lowest BCUT2D eigenvalue weighted by atomic mass is 9.74. The minimum atomic E-state index is -0.266. The summed E-state index contributed by atoms with van der Waals surface area (Å²) in [6, 6.07) is 15.5. The van der Waals surface area contributed by atoms with Crippen LogP contribution in [0.2, 0.25) is 0 Å². The van der Waals surface area contributed by atoms with Crippen LogP contribution in [0, 0.1) is 5.82 Å². The molecule has 2 N–H and O–H groups in total. The summed E-state index contributed by atoms with van der Waals surface area (Å²) < 4.78 is 18.8. The molecule has 3 rings (SSSR count). The highest BCUT2D eigenvalue weighted by molar-refractivity contribution is 5.94. The molecule has 0 atom stereocenters. The maximum atomic E-state index is 13.3. The van der Waals surface area contributed by atoms with Crippen molar-refractivity contribution in [2.75, 3.05) is 26.3 Å². The number of rotatable bonds is 8. The van der Waals surface area contributed by atoms with E-state index in [-0.39, 0.29) is 23.0 Å². The van der Waals surface area contributed by atoms with Crippen LogP contribution in [-0.4, -0.2) is 38.1 Å². The number of carbonyl (C=O) groups is 2. The van der Waals surface area contributed by atoms with Crippen LogP contribution in [0.5, 0.6) is 0 Å². The van der Waals surface area contributed by atoms with E-state index in [9.17, 15) is 14.0 Å². The van der Waals surface area contributed by atoms with Crippen molar-refractivity contribution in [1.82, 2.24) is 10.6 Å². The van der Waals surface area contributed by atoms with Gasteiger partial charge in [-0.25, -0.2) is 4.39 Å². The standard InChI is InChI=1S/C23H27FN2O3/c24-20-10-8-19(9-11-20)23(12-15-29-16-13-23)17-26-21(27)7-4-14-25-22(28)18-5-2-1-3-6-18/h1-3,5-6,8-11H,4,7,12-17H2,(H,25,28)(H,26,27). The highest BCUT2D eigenvalue weighted by Crippen LogP contribution is 2.34. The molecule has 1 fully saturated rings. The van der Waals surface area contributed by atoms with E-state index in [4.69, 9.17) is 4.74 Å². The van der Waals surface area contributed by atoms with Gasteiger partial charge in [-0.05, 0) is 49.1 Å². The molecule has 2 aromatic carbocycles. The molecule has 0 aromatic heterocycles. The fourth-order valence-electron chi connectivity index (χ4n) is 3.63. The zero-order chi connectivity index (χ0) is 20.5. The van der Waals surface area contributed by atoms with E-state index >= 15 is 0 Å². The van der Waals surface area contributed by atoms with Gasteiger partial charge in [0.1, 0.15) is 5.82 Å². The molecule has 0 spiro atoms. The van der Waals surface area contributed by atoms with E-state index in [0.717, 1.165) is 18.4 Å². The lowest BCUT2D eigenvalue weighted by Gasteiger charge is -2.38. The number of carbonyl (C=O) groups excluding carboxylic acids is 2. The van der Waals surface area contributed by atoms with Crippen molar-refractivity contribution in [2.45, 2.75) is 31.1 Å². The number of halogens is 1. The number of ether oxygens (including phenoxy) is 1. The summed E-state index contributed by atoms with van der Waals surface area (Å²) in [6.45, 7) is 2.19. The first-order valence-electron chi connectivity index (χ1n) is 10.0. The molecule has 29 heavy (non-hydrogen) atoms. The Morgan fingerprint density at radius 2 is 1.66 bits per heavy atom. The largest absolute Gasteiger partial charge is 0.381 e. The van der Waals surface area contributed by atoms with Crippen LogP contribution in [0.3, 0.4) is 0 Å². The normalized spacial score (nSPS) is 15.5. The Bertz CT molecular complexity index is 803. The van der Waals surface area contributed by atoms with Crippen molar-refractivity contribution in [3.63, 3.8) is 0 Å². The minimum Gasteiger partial charge on any atom is -0.381 e. The zero-order valence-corrected chi connectivity index (χ0v) is 16.5. The van der Waals surface area contributed by atoms with Crippen molar-refractivity contribution in [3.05, 3.63) is 71.5 Å². The predicted molar refractivity (Wildman–Crippen MR) is 109 cm³/mol. The molecular formula is C23H27FN2O3. The molecule has 6 heteroatoms. The van der Waals surface area contributed by atoms with Crippen molar-refractivity contribution in [2.24, 2.45) is 0 Å². The Labute approximate surface area is 170 Å². The summed E-state index contributed by atoms with van der Waals surface area (Å²) in [5, 5.41) is 5.85. The molecule has 1 heterocycles. The van der Waals surface area contributed by atoms with E-state index in [1.54, 1.807) is 24.3 Å². The summed E-state index contributed by atoms with van der Waals surface area (Å²) in [6.07, 6.45) is 2.47. The molecule has 0 unspecified atom stereocenters. The highest BCUT2D eigenvalue weighted by Gasteiger charge is 2.34. The van der Waals surface area contributed by atoms with Gasteiger partial charge in [0.15, 0.2) is 0 Å². The van der Waals surface area contributed by atoms with Crippen LogP contribution in [0.15, 0.2) is 54.6 Å². The number of amides is 2. The molecule has 1 aliphatic heterocycles. The summed E-state index contributed by atoms with van der Waals surface area (Å²) in [5.74, 6) is -0.451. The van der Waals surface area contributed by atoms with Crippen LogP contribution in [0.25, 0.3) is 0 Å². The molecular weight excluding hydrogens is 371 g/mol. The zero-order valence-electron chi connectivity index (χ0n) is 16.5. The maximum Gasteiger partial charge on any atom is 0.251 e. The lowest BCUT2D eigenvalue weighted by molar-refractivity contribution is -0.121. The molecule has 0 saturated carbocycles. The molecule has 0 aliphatic carbocycles. The average Bonchev–Trinajstić information content (AvgIpc) is 2.77. The highest BCUT2D eigenvalue weighted by atomic mass is 19.1. The average molecular weight is 398 g/mol. The van der Waals surface area contributed by atoms with Gasteiger partial charge < -0.3 is 15.4 Å². The third kappa shape index (κ3) is 5.87. The SMILES string of the molecule is O=C(CCCNC(=O)c1ccccc1)NCC1(c2ccc(F)cc2)CCOCC1. The number of benzene rings is 2. The summed E-state index contributed by atoms with van der Waals surface area (Å²) in [5.41, 5.74) is 1.40. The van der Waals surface area contributed by atoms with Crippen LogP contribution >= 0.6 is 0 Å². The first-order chi connectivity index (χ1) is 14.1. The minimum absolute atomic E-state index is 0.0491. The summed E-state index contributed by atoms with van der Waals surface area (Å²) in [7, 11) is 0. The lowest BCUT2D eigenvalue weighted by Crippen LogP contribution is -2.44. The van der Waals surface area contributed by atoms with Crippen LogP contribution in [0.4, 0.5) is 4.39 Å². The van der Waals surface area contributed by atoms with Gasteiger partial charge in [-0.2, -0.15) is 0 Å². The predicted octanol–water partition coefficient (Wildman–Crippen LogP) is 3.20. The first kappa shape index (κ1) is 21.0.